The lowest BCUT2D eigenvalue weighted by atomic mass is 9.95. The standard InChI is InChI=1S/C25H23Cl2NO5/c26-17-11-12-18(19(27)15-17)23-22(20(29)13-10-16-7-3-1-4-8-16)24(32)25(33)28(23)14-6-2-5-9-21(30)31/h1,3-4,7-8,10-13,15,23,32H,2,5-6,9,14H2,(H,30,31)/b13-10+/t23-/m0/s1. The smallest absolute Gasteiger partial charge is 0.303 e. The van der Waals surface area contributed by atoms with E-state index in [0.717, 1.165) is 5.56 Å². The van der Waals surface area contributed by atoms with Crippen LogP contribution in [0, 0.1) is 0 Å². The van der Waals surface area contributed by atoms with Gasteiger partial charge in [0.05, 0.1) is 11.6 Å². The highest BCUT2D eigenvalue weighted by atomic mass is 35.5. The molecule has 6 nitrogen and oxygen atoms in total. The molecule has 2 N–H and O–H groups in total. The van der Waals surface area contributed by atoms with Crippen molar-refractivity contribution in [3.05, 3.63) is 87.1 Å². The van der Waals surface area contributed by atoms with Gasteiger partial charge in [0.25, 0.3) is 5.91 Å². The van der Waals surface area contributed by atoms with E-state index in [4.69, 9.17) is 28.3 Å². The molecule has 0 saturated heterocycles. The van der Waals surface area contributed by atoms with Gasteiger partial charge in [-0.1, -0.05) is 72.1 Å². The lowest BCUT2D eigenvalue weighted by Crippen LogP contribution is -2.32. The molecule has 33 heavy (non-hydrogen) atoms. The normalized spacial score (nSPS) is 16.1. The summed E-state index contributed by atoms with van der Waals surface area (Å²) in [6, 6.07) is 13.1. The number of aliphatic carboxylic acids is 1. The van der Waals surface area contributed by atoms with Crippen molar-refractivity contribution in [1.82, 2.24) is 4.90 Å². The minimum absolute atomic E-state index is 0.0396. The summed E-state index contributed by atoms with van der Waals surface area (Å²) in [5.41, 5.74) is 1.22. The maximum atomic E-state index is 13.1. The summed E-state index contributed by atoms with van der Waals surface area (Å²) < 4.78 is 0. The zero-order chi connectivity index (χ0) is 24.0. The Morgan fingerprint density at radius 3 is 2.42 bits per heavy atom. The van der Waals surface area contributed by atoms with Crippen LogP contribution >= 0.6 is 23.2 Å². The van der Waals surface area contributed by atoms with Crippen LogP contribution in [0.3, 0.4) is 0 Å². The number of carbonyl (C=O) groups excluding carboxylic acids is 2. The Balaban J connectivity index is 1.90. The van der Waals surface area contributed by atoms with Gasteiger partial charge < -0.3 is 15.1 Å². The van der Waals surface area contributed by atoms with Gasteiger partial charge in [-0.2, -0.15) is 0 Å². The summed E-state index contributed by atoms with van der Waals surface area (Å²) >= 11 is 12.4. The van der Waals surface area contributed by atoms with Crippen molar-refractivity contribution in [2.45, 2.75) is 31.7 Å². The molecule has 172 valence electrons. The van der Waals surface area contributed by atoms with Gasteiger partial charge in [0.1, 0.15) is 0 Å². The molecule has 1 heterocycles. The predicted octanol–water partition coefficient (Wildman–Crippen LogP) is 5.62. The summed E-state index contributed by atoms with van der Waals surface area (Å²) in [5, 5.41) is 20.1. The minimum atomic E-state index is -0.880. The Kier molecular flexibility index (Phi) is 8.31. The van der Waals surface area contributed by atoms with E-state index in [2.05, 4.69) is 0 Å². The maximum Gasteiger partial charge on any atom is 0.303 e. The van der Waals surface area contributed by atoms with Crippen molar-refractivity contribution in [2.75, 3.05) is 6.54 Å². The number of aliphatic hydroxyl groups excluding tert-OH is 1. The van der Waals surface area contributed by atoms with E-state index in [-0.39, 0.29) is 23.6 Å². The van der Waals surface area contributed by atoms with Gasteiger partial charge in [-0.3, -0.25) is 14.4 Å². The van der Waals surface area contributed by atoms with E-state index in [1.165, 1.54) is 17.0 Å². The number of aliphatic hydroxyl groups is 1. The molecule has 8 heteroatoms. The van der Waals surface area contributed by atoms with Gasteiger partial charge in [0, 0.05) is 23.0 Å². The number of unbranched alkanes of at least 4 members (excludes halogenated alkanes) is 2. The Morgan fingerprint density at radius 2 is 1.76 bits per heavy atom. The maximum absolute atomic E-state index is 13.1. The molecule has 1 aliphatic heterocycles. The molecular weight excluding hydrogens is 465 g/mol. The van der Waals surface area contributed by atoms with Crippen LogP contribution in [0.4, 0.5) is 0 Å². The molecular formula is C25H23Cl2NO5. The van der Waals surface area contributed by atoms with Gasteiger partial charge in [-0.25, -0.2) is 0 Å². The van der Waals surface area contributed by atoms with Crippen molar-refractivity contribution < 1.29 is 24.6 Å². The van der Waals surface area contributed by atoms with Crippen LogP contribution in [0.1, 0.15) is 42.9 Å². The van der Waals surface area contributed by atoms with E-state index >= 15 is 0 Å². The fourth-order valence-corrected chi connectivity index (χ4v) is 4.26. The van der Waals surface area contributed by atoms with E-state index in [1.807, 2.05) is 30.3 Å². The second-order valence-corrected chi connectivity index (χ2v) is 8.49. The number of hydrogen-bond donors (Lipinski definition) is 2. The number of benzene rings is 2. The Labute approximate surface area is 201 Å². The number of amides is 1. The fraction of sp³-hybridized carbons (Fsp3) is 0.240. The van der Waals surface area contributed by atoms with Crippen molar-refractivity contribution >= 4 is 46.9 Å². The van der Waals surface area contributed by atoms with Crippen LogP contribution in [-0.2, 0) is 14.4 Å². The molecule has 1 amide bonds. The summed E-state index contributed by atoms with van der Waals surface area (Å²) in [6.45, 7) is 0.227. The van der Waals surface area contributed by atoms with Gasteiger partial charge in [0.2, 0.25) is 0 Å². The largest absolute Gasteiger partial charge is 0.503 e. The highest BCUT2D eigenvalue weighted by Gasteiger charge is 2.43. The summed E-state index contributed by atoms with van der Waals surface area (Å²) in [7, 11) is 0. The number of allylic oxidation sites excluding steroid dienone is 1. The molecule has 0 saturated carbocycles. The Hall–Kier alpha value is -3.09. The van der Waals surface area contributed by atoms with Crippen molar-refractivity contribution in [3.8, 4) is 0 Å². The molecule has 0 unspecified atom stereocenters. The van der Waals surface area contributed by atoms with Crippen LogP contribution < -0.4 is 0 Å². The van der Waals surface area contributed by atoms with Crippen molar-refractivity contribution in [3.63, 3.8) is 0 Å². The first-order chi connectivity index (χ1) is 15.8. The molecule has 0 bridgehead atoms. The van der Waals surface area contributed by atoms with Crippen LogP contribution in [0.5, 0.6) is 0 Å². The van der Waals surface area contributed by atoms with E-state index in [9.17, 15) is 19.5 Å². The molecule has 0 fully saturated rings. The molecule has 1 aliphatic rings. The van der Waals surface area contributed by atoms with E-state index < -0.39 is 29.5 Å². The minimum Gasteiger partial charge on any atom is -0.503 e. The topological polar surface area (TPSA) is 94.9 Å². The van der Waals surface area contributed by atoms with Gasteiger partial charge >= 0.3 is 5.97 Å². The first kappa shape index (κ1) is 24.6. The third-order valence-corrected chi connectivity index (χ3v) is 5.91. The number of carboxylic acids is 1. The van der Waals surface area contributed by atoms with E-state index in [1.54, 1.807) is 18.2 Å². The summed E-state index contributed by atoms with van der Waals surface area (Å²) in [6.07, 6.45) is 4.53. The van der Waals surface area contributed by atoms with Crippen LogP contribution in [0.2, 0.25) is 10.0 Å². The fourth-order valence-electron chi connectivity index (χ4n) is 3.74. The first-order valence-corrected chi connectivity index (χ1v) is 11.2. The predicted molar refractivity (Wildman–Crippen MR) is 127 cm³/mol. The number of carbonyl (C=O) groups is 3. The number of hydrogen-bond acceptors (Lipinski definition) is 4. The van der Waals surface area contributed by atoms with Crippen LogP contribution in [0.25, 0.3) is 6.08 Å². The van der Waals surface area contributed by atoms with Gasteiger partial charge in [0.15, 0.2) is 11.5 Å². The highest BCUT2D eigenvalue weighted by Crippen LogP contribution is 2.41. The highest BCUT2D eigenvalue weighted by molar-refractivity contribution is 6.35. The number of halogens is 2. The third kappa shape index (κ3) is 6.03. The van der Waals surface area contributed by atoms with Crippen LogP contribution in [-0.4, -0.2) is 39.3 Å². The molecule has 0 aromatic heterocycles. The monoisotopic (exact) mass is 487 g/mol. The first-order valence-electron chi connectivity index (χ1n) is 10.5. The quantitative estimate of drug-likeness (QED) is 0.335. The molecule has 1 atom stereocenters. The molecule has 0 spiro atoms. The van der Waals surface area contributed by atoms with Crippen molar-refractivity contribution in [2.24, 2.45) is 0 Å². The molecule has 2 aromatic carbocycles. The van der Waals surface area contributed by atoms with Crippen molar-refractivity contribution in [1.29, 1.82) is 0 Å². The Bertz CT molecular complexity index is 1110. The number of ketones is 1. The average Bonchev–Trinajstić information content (AvgIpc) is 3.02. The SMILES string of the molecule is O=C(O)CCCCCN1C(=O)C(O)=C(C(=O)/C=C/c2ccccc2)[C@@H]1c1ccc(Cl)cc1Cl. The van der Waals surface area contributed by atoms with Gasteiger partial charge in [-0.15, -0.1) is 0 Å². The second-order valence-electron chi connectivity index (χ2n) is 7.64. The summed E-state index contributed by atoms with van der Waals surface area (Å²) in [5.74, 6) is -2.66. The summed E-state index contributed by atoms with van der Waals surface area (Å²) in [4.78, 5) is 38.1. The zero-order valence-electron chi connectivity index (χ0n) is 17.7. The number of rotatable bonds is 10. The van der Waals surface area contributed by atoms with Crippen LogP contribution in [0.15, 0.2) is 65.9 Å². The third-order valence-electron chi connectivity index (χ3n) is 5.34. The molecule has 0 radical (unpaired) electrons. The lowest BCUT2D eigenvalue weighted by Gasteiger charge is -2.27. The average molecular weight is 488 g/mol. The lowest BCUT2D eigenvalue weighted by molar-refractivity contribution is -0.137. The van der Waals surface area contributed by atoms with Gasteiger partial charge in [-0.05, 0) is 42.2 Å². The molecule has 2 aromatic rings. The molecule has 3 rings (SSSR count). The van der Waals surface area contributed by atoms with E-state index in [0.29, 0.717) is 29.8 Å². The number of carboxylic acid groups (broad SMARTS) is 1. The second kappa shape index (κ2) is 11.2. The Morgan fingerprint density at radius 1 is 1.03 bits per heavy atom. The number of nitrogens with zero attached hydrogens (tertiary/aromatic N) is 1. The molecule has 0 aliphatic carbocycles. The zero-order valence-corrected chi connectivity index (χ0v) is 19.2.